The predicted octanol–water partition coefficient (Wildman–Crippen LogP) is 2.31. The summed E-state index contributed by atoms with van der Waals surface area (Å²) in [6.45, 7) is 2.12. The minimum absolute atomic E-state index is 0.0838. The number of benzene rings is 1. The number of nitro groups is 1. The topological polar surface area (TPSA) is 81.6 Å². The van der Waals surface area contributed by atoms with Crippen LogP contribution in [0.5, 0.6) is 5.75 Å². The number of rotatable bonds is 5. The van der Waals surface area contributed by atoms with Gasteiger partial charge >= 0.3 is 5.69 Å². The van der Waals surface area contributed by atoms with Crippen LogP contribution >= 0.6 is 0 Å². The molecule has 7 heteroatoms. The molecule has 116 valence electrons. The molecular formula is C14H20FN3O3. The molecule has 1 heterocycles. The van der Waals surface area contributed by atoms with E-state index in [-0.39, 0.29) is 11.4 Å². The molecule has 0 bridgehead atoms. The molecule has 0 aromatic heterocycles. The van der Waals surface area contributed by atoms with E-state index in [4.69, 9.17) is 10.5 Å². The molecule has 0 unspecified atom stereocenters. The van der Waals surface area contributed by atoms with Crippen LogP contribution in [-0.2, 0) is 0 Å². The Morgan fingerprint density at radius 1 is 1.48 bits per heavy atom. The van der Waals surface area contributed by atoms with Gasteiger partial charge in [-0.25, -0.2) is 4.39 Å². The Labute approximate surface area is 122 Å². The SMILES string of the molecule is COc1cc(N2CCC(CCN)CC2)c(F)cc1[N+](=O)[O-]. The maximum Gasteiger partial charge on any atom is 0.313 e. The molecule has 1 aliphatic rings. The van der Waals surface area contributed by atoms with E-state index in [0.717, 1.165) is 38.4 Å². The summed E-state index contributed by atoms with van der Waals surface area (Å²) < 4.78 is 19.1. The summed E-state index contributed by atoms with van der Waals surface area (Å²) in [6.07, 6.45) is 2.89. The fourth-order valence-electron chi connectivity index (χ4n) is 2.78. The Kier molecular flexibility index (Phi) is 4.95. The highest BCUT2D eigenvalue weighted by Crippen LogP contribution is 2.35. The van der Waals surface area contributed by atoms with Gasteiger partial charge < -0.3 is 15.4 Å². The summed E-state index contributed by atoms with van der Waals surface area (Å²) >= 11 is 0. The number of hydrogen-bond donors (Lipinski definition) is 1. The fourth-order valence-corrected chi connectivity index (χ4v) is 2.78. The van der Waals surface area contributed by atoms with Gasteiger partial charge in [-0.15, -0.1) is 0 Å². The van der Waals surface area contributed by atoms with Crippen LogP contribution in [0.15, 0.2) is 12.1 Å². The Hall–Kier alpha value is -1.89. The first-order valence-electron chi connectivity index (χ1n) is 7.03. The first kappa shape index (κ1) is 15.5. The van der Waals surface area contributed by atoms with Gasteiger partial charge in [-0.2, -0.15) is 0 Å². The highest BCUT2D eigenvalue weighted by molar-refractivity contribution is 5.60. The van der Waals surface area contributed by atoms with Gasteiger partial charge in [0.2, 0.25) is 0 Å². The van der Waals surface area contributed by atoms with E-state index in [1.807, 2.05) is 4.90 Å². The van der Waals surface area contributed by atoms with Crippen molar-refractivity contribution in [2.24, 2.45) is 11.7 Å². The van der Waals surface area contributed by atoms with E-state index in [2.05, 4.69) is 0 Å². The average Bonchev–Trinajstić information content (AvgIpc) is 2.48. The van der Waals surface area contributed by atoms with Crippen LogP contribution in [0, 0.1) is 21.8 Å². The standard InChI is InChI=1S/C14H20FN3O3/c1-21-14-9-12(11(15)8-13(14)18(19)20)17-6-3-10(2-5-16)4-7-17/h8-10H,2-7,16H2,1H3. The molecule has 0 radical (unpaired) electrons. The number of methoxy groups -OCH3 is 1. The zero-order valence-electron chi connectivity index (χ0n) is 12.0. The third-order valence-electron chi connectivity index (χ3n) is 3.98. The van der Waals surface area contributed by atoms with Crippen molar-refractivity contribution in [1.29, 1.82) is 0 Å². The van der Waals surface area contributed by atoms with E-state index in [0.29, 0.717) is 18.2 Å². The molecule has 0 aliphatic carbocycles. The third kappa shape index (κ3) is 3.41. The van der Waals surface area contributed by atoms with E-state index < -0.39 is 10.7 Å². The molecule has 0 atom stereocenters. The monoisotopic (exact) mass is 297 g/mol. The van der Waals surface area contributed by atoms with Crippen molar-refractivity contribution in [3.8, 4) is 5.75 Å². The van der Waals surface area contributed by atoms with Crippen molar-refractivity contribution in [3.63, 3.8) is 0 Å². The van der Waals surface area contributed by atoms with Gasteiger partial charge in [0.1, 0.15) is 0 Å². The minimum Gasteiger partial charge on any atom is -0.490 e. The van der Waals surface area contributed by atoms with Gasteiger partial charge in [-0.1, -0.05) is 0 Å². The van der Waals surface area contributed by atoms with Crippen LogP contribution in [0.25, 0.3) is 0 Å². The minimum atomic E-state index is -0.640. The first-order valence-corrected chi connectivity index (χ1v) is 7.03. The molecular weight excluding hydrogens is 277 g/mol. The van der Waals surface area contributed by atoms with Gasteiger partial charge in [0.25, 0.3) is 0 Å². The maximum absolute atomic E-state index is 14.1. The second-order valence-electron chi connectivity index (χ2n) is 5.24. The summed E-state index contributed by atoms with van der Waals surface area (Å²) in [5.74, 6) is 0.0783. The summed E-state index contributed by atoms with van der Waals surface area (Å²) in [7, 11) is 1.34. The predicted molar refractivity (Wildman–Crippen MR) is 78.2 cm³/mol. The van der Waals surface area contributed by atoms with Crippen LogP contribution in [0.4, 0.5) is 15.8 Å². The Morgan fingerprint density at radius 2 is 2.14 bits per heavy atom. The number of nitro benzene ring substituents is 1. The van der Waals surface area contributed by atoms with Crippen LogP contribution in [0.3, 0.4) is 0 Å². The van der Waals surface area contributed by atoms with Crippen molar-refractivity contribution >= 4 is 11.4 Å². The van der Waals surface area contributed by atoms with E-state index in [9.17, 15) is 14.5 Å². The molecule has 1 fully saturated rings. The number of anilines is 1. The maximum atomic E-state index is 14.1. The molecule has 0 saturated carbocycles. The Morgan fingerprint density at radius 3 is 2.67 bits per heavy atom. The number of nitrogens with zero attached hydrogens (tertiary/aromatic N) is 2. The number of halogens is 1. The largest absolute Gasteiger partial charge is 0.490 e. The van der Waals surface area contributed by atoms with Crippen molar-refractivity contribution in [3.05, 3.63) is 28.1 Å². The molecule has 0 amide bonds. The van der Waals surface area contributed by atoms with Crippen LogP contribution in [-0.4, -0.2) is 31.7 Å². The molecule has 2 rings (SSSR count). The summed E-state index contributed by atoms with van der Waals surface area (Å²) in [5, 5.41) is 10.9. The quantitative estimate of drug-likeness (QED) is 0.666. The summed E-state index contributed by atoms with van der Waals surface area (Å²) in [6, 6.07) is 2.34. The second kappa shape index (κ2) is 6.71. The van der Waals surface area contributed by atoms with E-state index >= 15 is 0 Å². The van der Waals surface area contributed by atoms with Crippen molar-refractivity contribution in [2.75, 3.05) is 31.6 Å². The van der Waals surface area contributed by atoms with E-state index in [1.165, 1.54) is 13.2 Å². The second-order valence-corrected chi connectivity index (χ2v) is 5.24. The van der Waals surface area contributed by atoms with Crippen LogP contribution in [0.2, 0.25) is 0 Å². The lowest BCUT2D eigenvalue weighted by molar-refractivity contribution is -0.385. The lowest BCUT2D eigenvalue weighted by Gasteiger charge is -2.33. The molecule has 1 aliphatic heterocycles. The average molecular weight is 297 g/mol. The highest BCUT2D eigenvalue weighted by atomic mass is 19.1. The Balaban J connectivity index is 2.19. The summed E-state index contributed by atoms with van der Waals surface area (Å²) in [4.78, 5) is 12.1. The normalized spacial score (nSPS) is 16.0. The molecule has 1 aromatic carbocycles. The van der Waals surface area contributed by atoms with Gasteiger partial charge in [-0.05, 0) is 31.7 Å². The first-order chi connectivity index (χ1) is 10.1. The number of hydrogen-bond acceptors (Lipinski definition) is 5. The van der Waals surface area contributed by atoms with Crippen molar-refractivity contribution < 1.29 is 14.1 Å². The van der Waals surface area contributed by atoms with Gasteiger partial charge in [0.05, 0.1) is 23.8 Å². The van der Waals surface area contributed by atoms with E-state index in [1.54, 1.807) is 0 Å². The lowest BCUT2D eigenvalue weighted by atomic mass is 9.93. The molecule has 1 aromatic rings. The molecule has 2 N–H and O–H groups in total. The molecule has 6 nitrogen and oxygen atoms in total. The molecule has 21 heavy (non-hydrogen) atoms. The van der Waals surface area contributed by atoms with Crippen LogP contribution < -0.4 is 15.4 Å². The van der Waals surface area contributed by atoms with Crippen molar-refractivity contribution in [1.82, 2.24) is 0 Å². The fraction of sp³-hybridized carbons (Fsp3) is 0.571. The Bertz CT molecular complexity index is 516. The molecule has 1 saturated heterocycles. The zero-order valence-corrected chi connectivity index (χ0v) is 12.0. The smallest absolute Gasteiger partial charge is 0.313 e. The van der Waals surface area contributed by atoms with Gasteiger partial charge in [0.15, 0.2) is 11.6 Å². The van der Waals surface area contributed by atoms with Crippen molar-refractivity contribution in [2.45, 2.75) is 19.3 Å². The summed E-state index contributed by atoms with van der Waals surface area (Å²) in [5.41, 5.74) is 5.57. The van der Waals surface area contributed by atoms with Crippen LogP contribution in [0.1, 0.15) is 19.3 Å². The number of nitrogens with two attached hydrogens (primary N) is 1. The highest BCUT2D eigenvalue weighted by Gasteiger charge is 2.25. The lowest BCUT2D eigenvalue weighted by Crippen LogP contribution is -2.34. The zero-order chi connectivity index (χ0) is 15.4. The number of piperidine rings is 1. The van der Waals surface area contributed by atoms with Gasteiger partial charge in [-0.3, -0.25) is 10.1 Å². The van der Waals surface area contributed by atoms with Gasteiger partial charge in [0, 0.05) is 19.2 Å². The number of ether oxygens (including phenoxy) is 1. The molecule has 0 spiro atoms. The third-order valence-corrected chi connectivity index (χ3v) is 3.98.